The van der Waals surface area contributed by atoms with Gasteiger partial charge in [-0.1, -0.05) is 0 Å². The summed E-state index contributed by atoms with van der Waals surface area (Å²) in [6, 6.07) is 0. The van der Waals surface area contributed by atoms with Gasteiger partial charge in [0.1, 0.15) is 12.2 Å². The molecule has 0 aromatic rings. The predicted molar refractivity (Wildman–Crippen MR) is 63.9 cm³/mol. The molecule has 0 aromatic heterocycles. The minimum absolute atomic E-state index is 0.210. The van der Waals surface area contributed by atoms with Gasteiger partial charge in [0, 0.05) is 6.61 Å². The van der Waals surface area contributed by atoms with Crippen LogP contribution in [0.4, 0.5) is 0 Å². The number of carbonyl (C=O) groups excluding carboxylic acids is 1. The Bertz CT molecular complexity index is 360. The zero-order valence-corrected chi connectivity index (χ0v) is 11.7. The van der Waals surface area contributed by atoms with Gasteiger partial charge in [-0.2, -0.15) is 0 Å². The standard InChI is InChI=1S/C12H21NO6/c1-5-15-9-7-8(18-11(3,4)17-7)12(13,19-9)10(14)16-6-2/h7-9H,5-6,13H2,1-4H3/t7-,8+,9-,12?/m0/s1. The lowest BCUT2D eigenvalue weighted by atomic mass is 10.1. The van der Waals surface area contributed by atoms with E-state index in [1.807, 2.05) is 6.92 Å². The van der Waals surface area contributed by atoms with Crippen molar-refractivity contribution in [1.82, 2.24) is 0 Å². The van der Waals surface area contributed by atoms with Crippen LogP contribution in [0.3, 0.4) is 0 Å². The molecule has 7 nitrogen and oxygen atoms in total. The van der Waals surface area contributed by atoms with Gasteiger partial charge in [-0.3, -0.25) is 5.73 Å². The highest BCUT2D eigenvalue weighted by Crippen LogP contribution is 2.42. The van der Waals surface area contributed by atoms with E-state index in [0.29, 0.717) is 6.61 Å². The third-order valence-corrected chi connectivity index (χ3v) is 3.06. The highest BCUT2D eigenvalue weighted by molar-refractivity contribution is 5.80. The van der Waals surface area contributed by atoms with Crippen molar-refractivity contribution >= 4 is 5.97 Å². The fourth-order valence-electron chi connectivity index (χ4n) is 2.35. The Balaban J connectivity index is 2.24. The monoisotopic (exact) mass is 275 g/mol. The average molecular weight is 275 g/mol. The summed E-state index contributed by atoms with van der Waals surface area (Å²) in [5.74, 6) is -1.51. The minimum atomic E-state index is -1.70. The smallest absolute Gasteiger partial charge is 0.356 e. The third-order valence-electron chi connectivity index (χ3n) is 3.06. The molecule has 1 unspecified atom stereocenters. The molecular formula is C12H21NO6. The average Bonchev–Trinajstić information content (AvgIpc) is 2.76. The van der Waals surface area contributed by atoms with Crippen LogP contribution in [-0.4, -0.2) is 49.2 Å². The second-order valence-electron chi connectivity index (χ2n) is 4.98. The van der Waals surface area contributed by atoms with Crippen molar-refractivity contribution in [3.8, 4) is 0 Å². The Morgan fingerprint density at radius 2 is 1.89 bits per heavy atom. The summed E-state index contributed by atoms with van der Waals surface area (Å²) in [5.41, 5.74) is 4.33. The van der Waals surface area contributed by atoms with E-state index in [2.05, 4.69) is 0 Å². The van der Waals surface area contributed by atoms with Gasteiger partial charge < -0.3 is 23.7 Å². The summed E-state index contributed by atoms with van der Waals surface area (Å²) in [5, 5.41) is 0. The van der Waals surface area contributed by atoms with Crippen molar-refractivity contribution in [1.29, 1.82) is 0 Å². The molecule has 0 aliphatic carbocycles. The number of fused-ring (bicyclic) bond motifs is 1. The third kappa shape index (κ3) is 2.48. The molecule has 2 saturated heterocycles. The van der Waals surface area contributed by atoms with Crippen LogP contribution in [0.5, 0.6) is 0 Å². The van der Waals surface area contributed by atoms with Crippen LogP contribution in [-0.2, 0) is 28.5 Å². The van der Waals surface area contributed by atoms with Gasteiger partial charge in [0.15, 0.2) is 12.1 Å². The summed E-state index contributed by atoms with van der Waals surface area (Å²) in [4.78, 5) is 12.0. The molecule has 4 atom stereocenters. The molecule has 0 spiro atoms. The molecule has 0 bridgehead atoms. The number of rotatable bonds is 4. The number of carbonyl (C=O) groups is 1. The lowest BCUT2D eigenvalue weighted by Crippen LogP contribution is -2.58. The number of ether oxygens (including phenoxy) is 5. The van der Waals surface area contributed by atoms with Crippen molar-refractivity contribution < 1.29 is 28.5 Å². The van der Waals surface area contributed by atoms with E-state index in [1.165, 1.54) is 0 Å². The summed E-state index contributed by atoms with van der Waals surface area (Å²) < 4.78 is 27.2. The van der Waals surface area contributed by atoms with Gasteiger partial charge in [0.25, 0.3) is 0 Å². The van der Waals surface area contributed by atoms with Crippen LogP contribution in [0.15, 0.2) is 0 Å². The van der Waals surface area contributed by atoms with Crippen LogP contribution in [0.25, 0.3) is 0 Å². The van der Waals surface area contributed by atoms with E-state index in [0.717, 1.165) is 0 Å². The highest BCUT2D eigenvalue weighted by atomic mass is 16.8. The van der Waals surface area contributed by atoms with E-state index in [4.69, 9.17) is 29.4 Å². The SMILES string of the molecule is CCOC(=O)C1(N)O[C@H](OCC)[C@H]2OC(C)(C)O[C@H]21. The summed E-state index contributed by atoms with van der Waals surface area (Å²) >= 11 is 0. The van der Waals surface area contributed by atoms with Gasteiger partial charge in [-0.15, -0.1) is 0 Å². The maximum absolute atomic E-state index is 12.0. The summed E-state index contributed by atoms with van der Waals surface area (Å²) in [7, 11) is 0. The van der Waals surface area contributed by atoms with E-state index in [1.54, 1.807) is 20.8 Å². The molecule has 0 amide bonds. The number of hydrogen-bond acceptors (Lipinski definition) is 7. The molecule has 19 heavy (non-hydrogen) atoms. The zero-order chi connectivity index (χ0) is 14.3. The lowest BCUT2D eigenvalue weighted by Gasteiger charge is -2.28. The molecule has 0 saturated carbocycles. The van der Waals surface area contributed by atoms with E-state index < -0.39 is 36.0 Å². The maximum atomic E-state index is 12.0. The van der Waals surface area contributed by atoms with E-state index in [-0.39, 0.29) is 6.61 Å². The summed E-state index contributed by atoms with van der Waals surface area (Å²) in [6.07, 6.45) is -2.05. The van der Waals surface area contributed by atoms with Crippen molar-refractivity contribution in [2.45, 2.75) is 57.7 Å². The molecule has 110 valence electrons. The maximum Gasteiger partial charge on any atom is 0.356 e. The van der Waals surface area contributed by atoms with Crippen molar-refractivity contribution in [2.24, 2.45) is 5.73 Å². The van der Waals surface area contributed by atoms with Crippen LogP contribution in [0, 0.1) is 0 Å². The predicted octanol–water partition coefficient (Wildman–Crippen LogP) is 0.117. The van der Waals surface area contributed by atoms with Gasteiger partial charge in [0.2, 0.25) is 5.72 Å². The number of esters is 1. The van der Waals surface area contributed by atoms with Crippen LogP contribution >= 0.6 is 0 Å². The van der Waals surface area contributed by atoms with E-state index in [9.17, 15) is 4.79 Å². The normalized spacial score (nSPS) is 40.2. The molecule has 0 radical (unpaired) electrons. The Morgan fingerprint density at radius 3 is 2.47 bits per heavy atom. The molecule has 2 aliphatic rings. The fourth-order valence-corrected chi connectivity index (χ4v) is 2.35. The minimum Gasteiger partial charge on any atom is -0.463 e. The van der Waals surface area contributed by atoms with Gasteiger partial charge >= 0.3 is 5.97 Å². The fraction of sp³-hybridized carbons (Fsp3) is 0.917. The number of nitrogens with two attached hydrogens (primary N) is 1. The first-order valence-electron chi connectivity index (χ1n) is 6.45. The zero-order valence-electron chi connectivity index (χ0n) is 11.7. The first-order chi connectivity index (χ1) is 8.84. The largest absolute Gasteiger partial charge is 0.463 e. The van der Waals surface area contributed by atoms with Crippen LogP contribution < -0.4 is 5.73 Å². The molecular weight excluding hydrogens is 254 g/mol. The number of hydrogen-bond donors (Lipinski definition) is 1. The molecule has 2 fully saturated rings. The van der Waals surface area contributed by atoms with Gasteiger partial charge in [-0.05, 0) is 27.7 Å². The van der Waals surface area contributed by atoms with Crippen molar-refractivity contribution in [3.63, 3.8) is 0 Å². The first kappa shape index (κ1) is 14.7. The topological polar surface area (TPSA) is 89.2 Å². The summed E-state index contributed by atoms with van der Waals surface area (Å²) in [6.45, 7) is 7.64. The molecule has 2 aliphatic heterocycles. The quantitative estimate of drug-likeness (QED) is 0.729. The lowest BCUT2D eigenvalue weighted by molar-refractivity contribution is -0.256. The Morgan fingerprint density at radius 1 is 1.21 bits per heavy atom. The second kappa shape index (κ2) is 4.99. The van der Waals surface area contributed by atoms with E-state index >= 15 is 0 Å². The van der Waals surface area contributed by atoms with Gasteiger partial charge in [-0.25, -0.2) is 4.79 Å². The van der Waals surface area contributed by atoms with Crippen molar-refractivity contribution in [3.05, 3.63) is 0 Å². The molecule has 7 heteroatoms. The van der Waals surface area contributed by atoms with Gasteiger partial charge in [0.05, 0.1) is 6.61 Å². The van der Waals surface area contributed by atoms with Crippen molar-refractivity contribution in [2.75, 3.05) is 13.2 Å². The highest BCUT2D eigenvalue weighted by Gasteiger charge is 2.66. The molecule has 0 aromatic carbocycles. The Labute approximate surface area is 112 Å². The Kier molecular flexibility index (Phi) is 3.85. The Hall–Kier alpha value is -0.730. The second-order valence-corrected chi connectivity index (χ2v) is 4.98. The molecule has 2 N–H and O–H groups in total. The van der Waals surface area contributed by atoms with Crippen LogP contribution in [0.2, 0.25) is 0 Å². The first-order valence-corrected chi connectivity index (χ1v) is 6.45. The molecule has 2 rings (SSSR count). The molecule has 2 heterocycles. The van der Waals surface area contributed by atoms with Crippen LogP contribution in [0.1, 0.15) is 27.7 Å².